The minimum absolute atomic E-state index is 0.0184. The lowest BCUT2D eigenvalue weighted by atomic mass is 9.93. The Morgan fingerprint density at radius 1 is 1.00 bits per heavy atom. The van der Waals surface area contributed by atoms with E-state index in [2.05, 4.69) is 4.98 Å². The zero-order valence-corrected chi connectivity index (χ0v) is 19.8. The normalized spacial score (nSPS) is 14.8. The average Bonchev–Trinajstić information content (AvgIpc) is 3.35. The van der Waals surface area contributed by atoms with Crippen LogP contribution in [0.25, 0.3) is 23.0 Å². The van der Waals surface area contributed by atoms with Gasteiger partial charge in [0.05, 0.1) is 17.9 Å². The first-order valence-electron chi connectivity index (χ1n) is 11.5. The first-order valence-corrected chi connectivity index (χ1v) is 11.5. The smallest absolute Gasteiger partial charge is 0.269 e. The fourth-order valence-corrected chi connectivity index (χ4v) is 4.14. The molecule has 0 atom stereocenters. The number of para-hydroxylation sites is 1. The van der Waals surface area contributed by atoms with E-state index in [0.29, 0.717) is 22.4 Å². The van der Waals surface area contributed by atoms with Crippen LogP contribution in [-0.4, -0.2) is 31.5 Å². The highest BCUT2D eigenvalue weighted by molar-refractivity contribution is 6.19. The van der Waals surface area contributed by atoms with Crippen LogP contribution in [0.15, 0.2) is 102 Å². The number of amides is 2. The fraction of sp³-hybridized carbons (Fsp3) is 0.0690. The van der Waals surface area contributed by atoms with E-state index < -0.39 is 11.8 Å². The largest absolute Gasteiger partial charge is 0.271 e. The van der Waals surface area contributed by atoms with Crippen LogP contribution in [0.4, 0.5) is 4.39 Å². The Labute approximate surface area is 212 Å². The third-order valence-electron chi connectivity index (χ3n) is 6.07. The Bertz CT molecular complexity index is 1600. The van der Waals surface area contributed by atoms with E-state index in [1.54, 1.807) is 60.5 Å². The zero-order valence-electron chi connectivity index (χ0n) is 19.8. The highest BCUT2D eigenvalue weighted by atomic mass is 19.1. The van der Waals surface area contributed by atoms with Crippen molar-refractivity contribution in [2.45, 2.75) is 13.5 Å². The Morgan fingerprint density at radius 2 is 1.76 bits per heavy atom. The summed E-state index contributed by atoms with van der Waals surface area (Å²) in [4.78, 5) is 31.7. The van der Waals surface area contributed by atoms with Crippen molar-refractivity contribution in [1.82, 2.24) is 19.7 Å². The number of carbonyl (C=O) groups is 2. The summed E-state index contributed by atoms with van der Waals surface area (Å²) < 4.78 is 15.3. The van der Waals surface area contributed by atoms with Crippen molar-refractivity contribution in [2.75, 3.05) is 0 Å². The minimum atomic E-state index is -0.648. The van der Waals surface area contributed by atoms with Crippen LogP contribution < -0.4 is 0 Å². The van der Waals surface area contributed by atoms with E-state index in [1.807, 2.05) is 36.4 Å². The Kier molecular flexibility index (Phi) is 6.27. The second kappa shape index (κ2) is 9.84. The van der Waals surface area contributed by atoms with Crippen LogP contribution in [-0.2, 0) is 16.1 Å². The van der Waals surface area contributed by atoms with E-state index in [1.165, 1.54) is 12.1 Å². The third-order valence-corrected chi connectivity index (χ3v) is 6.07. The molecule has 2 aromatic carbocycles. The molecule has 0 unspecified atom stereocenters. The highest BCUT2D eigenvalue weighted by Crippen LogP contribution is 2.31. The summed E-state index contributed by atoms with van der Waals surface area (Å²) in [5, 5.41) is 14.4. The number of nitriles is 1. The summed E-state index contributed by atoms with van der Waals surface area (Å²) in [5.74, 6) is -1.55. The first kappa shape index (κ1) is 23.6. The van der Waals surface area contributed by atoms with Gasteiger partial charge >= 0.3 is 0 Å². The van der Waals surface area contributed by atoms with Crippen molar-refractivity contribution < 1.29 is 14.0 Å². The van der Waals surface area contributed by atoms with Crippen LogP contribution in [0.3, 0.4) is 0 Å². The van der Waals surface area contributed by atoms with Gasteiger partial charge in [-0.15, -0.1) is 0 Å². The van der Waals surface area contributed by atoms with Gasteiger partial charge in [-0.2, -0.15) is 10.4 Å². The van der Waals surface area contributed by atoms with Gasteiger partial charge in [0.15, 0.2) is 0 Å². The number of halogens is 1. The van der Waals surface area contributed by atoms with Crippen LogP contribution in [0.5, 0.6) is 0 Å². The highest BCUT2D eigenvalue weighted by Gasteiger charge is 2.35. The number of nitrogens with zero attached hydrogens (tertiary/aromatic N) is 5. The SMILES string of the molecule is CC1=C(C#N)C(=O)N(Cc2cccnc2)C(=O)/C1=C/c1cn(-c2ccccc2)nc1-c1ccc(F)cc1. The number of hydrogen-bond donors (Lipinski definition) is 0. The summed E-state index contributed by atoms with van der Waals surface area (Å²) in [6.45, 7) is 1.57. The Balaban J connectivity index is 1.65. The standard InChI is InChI=1S/C29H20FN5O2/c1-19-25(28(36)34(29(37)26(19)15-31)17-20-6-5-13-32-16-20)14-22-18-35(24-7-3-2-4-8-24)33-27(22)21-9-11-23(30)12-10-21/h2-14,16,18H,17H2,1H3/b25-14+. The molecule has 0 spiro atoms. The molecule has 8 heteroatoms. The molecule has 1 aliphatic heterocycles. The first-order chi connectivity index (χ1) is 18.0. The fourth-order valence-electron chi connectivity index (χ4n) is 4.14. The summed E-state index contributed by atoms with van der Waals surface area (Å²) in [5.41, 5.74) is 3.59. The number of aromatic nitrogens is 3. The molecule has 4 aromatic rings. The Morgan fingerprint density at radius 3 is 2.43 bits per heavy atom. The van der Waals surface area contributed by atoms with Gasteiger partial charge in [-0.3, -0.25) is 19.5 Å². The molecule has 0 saturated carbocycles. The van der Waals surface area contributed by atoms with Crippen LogP contribution >= 0.6 is 0 Å². The molecule has 0 N–H and O–H groups in total. The predicted octanol–water partition coefficient (Wildman–Crippen LogP) is 4.87. The van der Waals surface area contributed by atoms with Crippen molar-refractivity contribution >= 4 is 17.9 Å². The molecule has 5 rings (SSSR count). The van der Waals surface area contributed by atoms with E-state index in [-0.39, 0.29) is 29.1 Å². The topological polar surface area (TPSA) is 91.9 Å². The lowest BCUT2D eigenvalue weighted by Gasteiger charge is -2.27. The molecular formula is C29H20FN5O2. The monoisotopic (exact) mass is 489 g/mol. The molecular weight excluding hydrogens is 469 g/mol. The summed E-state index contributed by atoms with van der Waals surface area (Å²) >= 11 is 0. The van der Waals surface area contributed by atoms with Gasteiger partial charge in [-0.25, -0.2) is 9.07 Å². The molecule has 37 heavy (non-hydrogen) atoms. The molecule has 3 heterocycles. The molecule has 1 aliphatic rings. The predicted molar refractivity (Wildman–Crippen MR) is 135 cm³/mol. The van der Waals surface area contributed by atoms with E-state index in [9.17, 15) is 19.2 Å². The summed E-state index contributed by atoms with van der Waals surface area (Å²) in [6, 6.07) is 20.7. The number of rotatable bonds is 5. The zero-order chi connectivity index (χ0) is 25.9. The van der Waals surface area contributed by atoms with Crippen molar-refractivity contribution in [3.63, 3.8) is 0 Å². The maximum Gasteiger partial charge on any atom is 0.271 e. The number of imide groups is 1. The quantitative estimate of drug-likeness (QED) is 0.295. The van der Waals surface area contributed by atoms with Crippen LogP contribution in [0, 0.1) is 17.1 Å². The number of carbonyl (C=O) groups excluding carboxylic acids is 2. The summed E-state index contributed by atoms with van der Waals surface area (Å²) in [7, 11) is 0. The van der Waals surface area contributed by atoms with Crippen molar-refractivity contribution in [1.29, 1.82) is 5.26 Å². The number of pyridine rings is 1. The molecule has 7 nitrogen and oxygen atoms in total. The molecule has 0 radical (unpaired) electrons. The third kappa shape index (κ3) is 4.58. The van der Waals surface area contributed by atoms with Crippen molar-refractivity contribution in [3.05, 3.63) is 119 Å². The van der Waals surface area contributed by atoms with Gasteiger partial charge in [-0.1, -0.05) is 24.3 Å². The maximum atomic E-state index is 13.6. The lowest BCUT2D eigenvalue weighted by Crippen LogP contribution is -2.42. The maximum absolute atomic E-state index is 13.6. The van der Waals surface area contributed by atoms with E-state index in [0.717, 1.165) is 10.6 Å². The molecule has 180 valence electrons. The van der Waals surface area contributed by atoms with Gasteiger partial charge in [0.1, 0.15) is 17.5 Å². The molecule has 0 bridgehead atoms. The minimum Gasteiger partial charge on any atom is -0.269 e. The van der Waals surface area contributed by atoms with Gasteiger partial charge in [0.25, 0.3) is 11.8 Å². The van der Waals surface area contributed by atoms with Gasteiger partial charge in [0.2, 0.25) is 0 Å². The summed E-state index contributed by atoms with van der Waals surface area (Å²) in [6.07, 6.45) is 6.55. The molecule has 0 aliphatic carbocycles. The average molecular weight is 490 g/mol. The van der Waals surface area contributed by atoms with E-state index >= 15 is 0 Å². The van der Waals surface area contributed by atoms with Gasteiger partial charge in [-0.05, 0) is 66.6 Å². The molecule has 2 aromatic heterocycles. The Hall–Kier alpha value is -5.16. The van der Waals surface area contributed by atoms with Gasteiger partial charge < -0.3 is 0 Å². The van der Waals surface area contributed by atoms with Crippen LogP contribution in [0.1, 0.15) is 18.1 Å². The van der Waals surface area contributed by atoms with Crippen LogP contribution in [0.2, 0.25) is 0 Å². The second-order valence-electron chi connectivity index (χ2n) is 8.45. The molecule has 0 saturated heterocycles. The van der Waals surface area contributed by atoms with Gasteiger partial charge in [0, 0.05) is 35.3 Å². The number of benzene rings is 2. The second-order valence-corrected chi connectivity index (χ2v) is 8.45. The number of hydrogen-bond acceptors (Lipinski definition) is 5. The molecule has 0 fully saturated rings. The van der Waals surface area contributed by atoms with Crippen molar-refractivity contribution in [3.8, 4) is 23.0 Å². The molecule has 2 amide bonds. The lowest BCUT2D eigenvalue weighted by molar-refractivity contribution is -0.141. The van der Waals surface area contributed by atoms with E-state index in [4.69, 9.17) is 5.10 Å². The van der Waals surface area contributed by atoms with Crippen molar-refractivity contribution in [2.24, 2.45) is 0 Å².